The Morgan fingerprint density at radius 1 is 0.875 bits per heavy atom. The predicted molar refractivity (Wildman–Crippen MR) is 192 cm³/mol. The van der Waals surface area contributed by atoms with Gasteiger partial charge in [-0.15, -0.1) is 0 Å². The molecule has 4 aromatic carbocycles. The monoisotopic (exact) mass is 755 g/mol. The third-order valence-electron chi connectivity index (χ3n) is 7.70. The van der Waals surface area contributed by atoms with Gasteiger partial charge < -0.3 is 19.7 Å². The highest BCUT2D eigenvalue weighted by atomic mass is 79.9. The van der Waals surface area contributed by atoms with Crippen LogP contribution < -0.4 is 19.1 Å². The summed E-state index contributed by atoms with van der Waals surface area (Å²) in [5.41, 5.74) is 1.85. The van der Waals surface area contributed by atoms with Crippen molar-refractivity contribution in [3.63, 3.8) is 0 Å². The molecule has 4 rings (SSSR count). The average Bonchev–Trinajstić information content (AvgIpc) is 3.10. The van der Waals surface area contributed by atoms with Crippen LogP contribution in [-0.4, -0.2) is 58.5 Å². The van der Waals surface area contributed by atoms with Crippen LogP contribution in [0.5, 0.6) is 11.5 Å². The fourth-order valence-electron chi connectivity index (χ4n) is 5.09. The van der Waals surface area contributed by atoms with Crippen molar-refractivity contribution in [1.29, 1.82) is 0 Å². The molecule has 0 heterocycles. The Bertz CT molecular complexity index is 1770. The lowest BCUT2D eigenvalue weighted by Crippen LogP contribution is -2.53. The third-order valence-corrected chi connectivity index (χ3v) is 10.3. The lowest BCUT2D eigenvalue weighted by Gasteiger charge is -2.34. The summed E-state index contributed by atoms with van der Waals surface area (Å²) in [7, 11) is -1.49. The first-order chi connectivity index (χ1) is 23.1. The molecule has 9 nitrogen and oxygen atoms in total. The van der Waals surface area contributed by atoms with E-state index in [4.69, 9.17) is 21.1 Å². The molecule has 4 aromatic rings. The molecule has 0 saturated heterocycles. The van der Waals surface area contributed by atoms with E-state index >= 15 is 0 Å². The predicted octanol–water partition coefficient (Wildman–Crippen LogP) is 6.87. The molecule has 254 valence electrons. The molecule has 0 fully saturated rings. The molecule has 0 radical (unpaired) electrons. The van der Waals surface area contributed by atoms with E-state index in [-0.39, 0.29) is 35.2 Å². The Morgan fingerprint density at radius 2 is 1.54 bits per heavy atom. The fourth-order valence-corrected chi connectivity index (χ4v) is 6.91. The molecule has 0 aliphatic rings. The van der Waals surface area contributed by atoms with Gasteiger partial charge in [0.25, 0.3) is 10.0 Å². The van der Waals surface area contributed by atoms with E-state index in [1.807, 2.05) is 61.5 Å². The zero-order valence-electron chi connectivity index (χ0n) is 27.1. The van der Waals surface area contributed by atoms with Crippen molar-refractivity contribution in [1.82, 2.24) is 10.2 Å². The molecule has 0 aliphatic heterocycles. The van der Waals surface area contributed by atoms with Crippen LogP contribution in [0.2, 0.25) is 5.02 Å². The highest BCUT2D eigenvalue weighted by molar-refractivity contribution is 9.10. The molecule has 1 atom stereocenters. The summed E-state index contributed by atoms with van der Waals surface area (Å²) in [5.74, 6) is -0.323. The van der Waals surface area contributed by atoms with Gasteiger partial charge in [0.05, 0.1) is 24.8 Å². The van der Waals surface area contributed by atoms with Gasteiger partial charge in [-0.05, 0) is 66.1 Å². The van der Waals surface area contributed by atoms with Gasteiger partial charge in [-0.25, -0.2) is 8.42 Å². The van der Waals surface area contributed by atoms with Crippen molar-refractivity contribution in [2.75, 3.05) is 31.6 Å². The number of ether oxygens (including phenoxy) is 2. The Morgan fingerprint density at radius 3 is 2.17 bits per heavy atom. The van der Waals surface area contributed by atoms with E-state index in [9.17, 15) is 18.0 Å². The van der Waals surface area contributed by atoms with E-state index in [1.165, 1.54) is 49.5 Å². The summed E-state index contributed by atoms with van der Waals surface area (Å²) < 4.78 is 41.3. The van der Waals surface area contributed by atoms with Crippen LogP contribution in [0.3, 0.4) is 0 Å². The number of carbonyl (C=O) groups is 2. The third kappa shape index (κ3) is 9.52. The van der Waals surface area contributed by atoms with Gasteiger partial charge in [0.2, 0.25) is 11.8 Å². The van der Waals surface area contributed by atoms with E-state index in [1.54, 1.807) is 12.1 Å². The van der Waals surface area contributed by atoms with E-state index in [0.717, 1.165) is 32.7 Å². The number of sulfonamides is 1. The van der Waals surface area contributed by atoms with Gasteiger partial charge in [0, 0.05) is 35.1 Å². The van der Waals surface area contributed by atoms with Crippen LogP contribution in [-0.2, 0) is 32.6 Å². The molecule has 12 heteroatoms. The number of nitrogens with zero attached hydrogens (tertiary/aromatic N) is 2. The standard InChI is InChI=1S/C36H39BrClN3O6S/c1-4-5-21-39-36(43)32(22-26-9-7-6-8-10-26)40(24-27-11-13-28(37)14-12-27)35(42)25-41(30-17-15-29(38)16-18-30)48(44,45)31-19-20-33(46-2)34(23-31)47-3/h6-20,23,32H,4-5,21-22,24-25H2,1-3H3,(H,39,43)/t32-/m1/s1. The second-order valence-corrected chi connectivity index (χ2v) is 14.2. The number of amides is 2. The molecule has 0 bridgehead atoms. The molecule has 0 spiro atoms. The number of halogens is 2. The van der Waals surface area contributed by atoms with Gasteiger partial charge in [0.15, 0.2) is 11.5 Å². The highest BCUT2D eigenvalue weighted by Crippen LogP contribution is 2.33. The first-order valence-electron chi connectivity index (χ1n) is 15.4. The SMILES string of the molecule is CCCCNC(=O)[C@@H](Cc1ccccc1)N(Cc1ccc(Br)cc1)C(=O)CN(c1ccc(Cl)cc1)S(=O)(=O)c1ccc(OC)c(OC)c1. The minimum absolute atomic E-state index is 0.0652. The molecule has 0 unspecified atom stereocenters. The molecule has 0 aromatic heterocycles. The smallest absolute Gasteiger partial charge is 0.264 e. The number of unbranched alkanes of at least 4 members (excludes halogenated alkanes) is 1. The van der Waals surface area contributed by atoms with Gasteiger partial charge in [0.1, 0.15) is 12.6 Å². The summed E-state index contributed by atoms with van der Waals surface area (Å²) in [5, 5.41) is 3.39. The minimum Gasteiger partial charge on any atom is -0.493 e. The number of nitrogens with one attached hydrogen (secondary N) is 1. The van der Waals surface area contributed by atoms with Crippen LogP contribution in [0.4, 0.5) is 5.69 Å². The molecule has 1 N–H and O–H groups in total. The van der Waals surface area contributed by atoms with E-state index in [0.29, 0.717) is 17.3 Å². The van der Waals surface area contributed by atoms with Gasteiger partial charge >= 0.3 is 0 Å². The maximum atomic E-state index is 14.6. The highest BCUT2D eigenvalue weighted by Gasteiger charge is 2.35. The van der Waals surface area contributed by atoms with Crippen molar-refractivity contribution < 1.29 is 27.5 Å². The van der Waals surface area contributed by atoms with Crippen LogP contribution in [0.25, 0.3) is 0 Å². The number of methoxy groups -OCH3 is 2. The summed E-state index contributed by atoms with van der Waals surface area (Å²) in [6.45, 7) is 1.95. The van der Waals surface area contributed by atoms with Crippen molar-refractivity contribution in [2.24, 2.45) is 0 Å². The van der Waals surface area contributed by atoms with Crippen molar-refractivity contribution in [3.05, 3.63) is 118 Å². The second kappa shape index (κ2) is 17.4. The summed E-state index contributed by atoms with van der Waals surface area (Å²) >= 11 is 9.62. The first-order valence-corrected chi connectivity index (χ1v) is 18.0. The van der Waals surface area contributed by atoms with Gasteiger partial charge in [-0.3, -0.25) is 13.9 Å². The lowest BCUT2D eigenvalue weighted by molar-refractivity contribution is -0.140. The van der Waals surface area contributed by atoms with Gasteiger partial charge in [-0.1, -0.05) is 83.3 Å². The molecular weight excluding hydrogens is 718 g/mol. The van der Waals surface area contributed by atoms with Crippen molar-refractivity contribution >= 4 is 55.1 Å². The fraction of sp³-hybridized carbons (Fsp3) is 0.278. The van der Waals surface area contributed by atoms with Crippen molar-refractivity contribution in [3.8, 4) is 11.5 Å². The minimum atomic E-state index is -4.35. The van der Waals surface area contributed by atoms with E-state index in [2.05, 4.69) is 21.2 Å². The largest absolute Gasteiger partial charge is 0.493 e. The maximum Gasteiger partial charge on any atom is 0.264 e. The number of carbonyl (C=O) groups excluding carboxylic acids is 2. The van der Waals surface area contributed by atoms with Crippen LogP contribution in [0, 0.1) is 0 Å². The van der Waals surface area contributed by atoms with Crippen molar-refractivity contribution in [2.45, 2.75) is 43.7 Å². The molecule has 0 saturated carbocycles. The zero-order chi connectivity index (χ0) is 34.7. The maximum absolute atomic E-state index is 14.6. The Labute approximate surface area is 296 Å². The Hall–Kier alpha value is -4.06. The number of benzene rings is 4. The number of hydrogen-bond donors (Lipinski definition) is 1. The quantitative estimate of drug-likeness (QED) is 0.125. The summed E-state index contributed by atoms with van der Waals surface area (Å²) in [6.07, 6.45) is 1.89. The number of anilines is 1. The number of rotatable bonds is 16. The zero-order valence-corrected chi connectivity index (χ0v) is 30.2. The van der Waals surface area contributed by atoms with Gasteiger partial charge in [-0.2, -0.15) is 0 Å². The first kappa shape index (κ1) is 36.8. The molecular formula is C36H39BrClN3O6S. The molecule has 2 amide bonds. The topological polar surface area (TPSA) is 105 Å². The number of hydrogen-bond acceptors (Lipinski definition) is 6. The molecule has 0 aliphatic carbocycles. The molecule has 48 heavy (non-hydrogen) atoms. The lowest BCUT2D eigenvalue weighted by atomic mass is 10.0. The van der Waals surface area contributed by atoms with E-state index < -0.39 is 28.5 Å². The van der Waals surface area contributed by atoms with Crippen LogP contribution >= 0.6 is 27.5 Å². The average molecular weight is 757 g/mol. The van der Waals surface area contributed by atoms with Crippen LogP contribution in [0.15, 0.2) is 106 Å². The van der Waals surface area contributed by atoms with Crippen LogP contribution in [0.1, 0.15) is 30.9 Å². The Balaban J connectivity index is 1.80. The Kier molecular flexibility index (Phi) is 13.3. The second-order valence-electron chi connectivity index (χ2n) is 11.0. The summed E-state index contributed by atoms with van der Waals surface area (Å²) in [4.78, 5) is 29.8. The summed E-state index contributed by atoms with van der Waals surface area (Å²) in [6, 6.07) is 26.3. The normalized spacial score (nSPS) is 11.8.